The zero-order valence-electron chi connectivity index (χ0n) is 17.6. The molecular formula is C27H31NO2. The van der Waals surface area contributed by atoms with E-state index in [1.165, 1.54) is 24.8 Å². The van der Waals surface area contributed by atoms with Crippen LogP contribution in [0.25, 0.3) is 22.2 Å². The quantitative estimate of drug-likeness (QED) is 0.496. The number of carbonyl (C=O) groups is 1. The van der Waals surface area contributed by atoms with Crippen LogP contribution in [0, 0.1) is 11.8 Å². The molecule has 2 fully saturated rings. The highest BCUT2D eigenvalue weighted by Gasteiger charge is 2.32. The number of nitrogens with one attached hydrogen (secondary N) is 1. The molecule has 2 saturated carbocycles. The average molecular weight is 402 g/mol. The Morgan fingerprint density at radius 3 is 2.33 bits per heavy atom. The third-order valence-electron chi connectivity index (χ3n) is 7.45. The molecule has 2 N–H and O–H groups in total. The van der Waals surface area contributed by atoms with Crippen LogP contribution < -0.4 is 0 Å². The first kappa shape index (κ1) is 19.4. The Labute approximate surface area is 178 Å². The topological polar surface area (TPSA) is 53.1 Å². The molecule has 0 amide bonds. The van der Waals surface area contributed by atoms with E-state index in [0.717, 1.165) is 60.7 Å². The lowest BCUT2D eigenvalue weighted by atomic mass is 9.72. The predicted molar refractivity (Wildman–Crippen MR) is 122 cm³/mol. The van der Waals surface area contributed by atoms with Crippen LogP contribution in [0.2, 0.25) is 0 Å². The molecule has 0 spiro atoms. The average Bonchev–Trinajstić information content (AvgIpc) is 3.24. The highest BCUT2D eigenvalue weighted by atomic mass is 16.3. The van der Waals surface area contributed by atoms with Gasteiger partial charge in [-0.2, -0.15) is 0 Å². The minimum atomic E-state index is 0.273. The molecule has 2 aromatic carbocycles. The number of aromatic amines is 1. The molecule has 0 bridgehead atoms. The van der Waals surface area contributed by atoms with Gasteiger partial charge in [0.25, 0.3) is 0 Å². The molecule has 3 aromatic rings. The van der Waals surface area contributed by atoms with Crippen molar-refractivity contribution in [3.8, 4) is 17.0 Å². The Morgan fingerprint density at radius 2 is 1.57 bits per heavy atom. The van der Waals surface area contributed by atoms with E-state index in [2.05, 4.69) is 35.3 Å². The number of para-hydroxylation sites is 1. The number of Topliss-reactive ketones (excluding diaryl/α,β-unsaturated/α-hetero) is 1. The Bertz CT molecular complexity index is 1000. The Balaban J connectivity index is 1.31. The van der Waals surface area contributed by atoms with Gasteiger partial charge in [-0.3, -0.25) is 4.79 Å². The number of phenols is 1. The second-order valence-corrected chi connectivity index (χ2v) is 9.33. The van der Waals surface area contributed by atoms with Crippen molar-refractivity contribution in [1.82, 2.24) is 4.98 Å². The summed E-state index contributed by atoms with van der Waals surface area (Å²) in [5.41, 5.74) is 4.19. The van der Waals surface area contributed by atoms with E-state index in [9.17, 15) is 9.90 Å². The van der Waals surface area contributed by atoms with Crippen LogP contribution in [0.5, 0.6) is 5.75 Å². The summed E-state index contributed by atoms with van der Waals surface area (Å²) in [6, 6.07) is 16.3. The van der Waals surface area contributed by atoms with Crippen molar-refractivity contribution in [3.63, 3.8) is 0 Å². The summed E-state index contributed by atoms with van der Waals surface area (Å²) in [4.78, 5) is 16.4. The molecule has 1 aromatic heterocycles. The van der Waals surface area contributed by atoms with E-state index in [4.69, 9.17) is 0 Å². The van der Waals surface area contributed by atoms with Gasteiger partial charge in [-0.15, -0.1) is 0 Å². The summed E-state index contributed by atoms with van der Waals surface area (Å²) in [6.07, 6.45) is 10.2. The maximum Gasteiger partial charge on any atom is 0.139 e. The molecular weight excluding hydrogens is 370 g/mol. The molecule has 0 unspecified atom stereocenters. The van der Waals surface area contributed by atoms with Crippen molar-refractivity contribution >= 4 is 16.7 Å². The summed E-state index contributed by atoms with van der Waals surface area (Å²) in [5, 5.41) is 11.7. The first-order chi connectivity index (χ1) is 14.7. The third kappa shape index (κ3) is 3.78. The van der Waals surface area contributed by atoms with Gasteiger partial charge in [-0.1, -0.05) is 43.5 Å². The molecule has 5 rings (SSSR count). The SMILES string of the molecule is O=C(C1CCCCC1)C1CCC(c2ccc(O)c(-c3cc4ccccc4[nH]3)c2)CC1. The van der Waals surface area contributed by atoms with Crippen molar-refractivity contribution in [2.75, 3.05) is 0 Å². The summed E-state index contributed by atoms with van der Waals surface area (Å²) in [6.45, 7) is 0. The minimum absolute atomic E-state index is 0.273. The first-order valence-corrected chi connectivity index (χ1v) is 11.6. The van der Waals surface area contributed by atoms with Crippen LogP contribution in [-0.2, 0) is 4.79 Å². The van der Waals surface area contributed by atoms with E-state index in [1.54, 1.807) is 0 Å². The Kier molecular flexibility index (Phi) is 5.37. The largest absolute Gasteiger partial charge is 0.507 e. The Morgan fingerprint density at radius 1 is 0.833 bits per heavy atom. The summed E-state index contributed by atoms with van der Waals surface area (Å²) in [7, 11) is 0. The molecule has 30 heavy (non-hydrogen) atoms. The summed E-state index contributed by atoms with van der Waals surface area (Å²) >= 11 is 0. The second-order valence-electron chi connectivity index (χ2n) is 9.33. The van der Waals surface area contributed by atoms with Gasteiger partial charge < -0.3 is 10.1 Å². The fourth-order valence-corrected chi connectivity index (χ4v) is 5.67. The molecule has 2 aliphatic rings. The highest BCUT2D eigenvalue weighted by molar-refractivity contribution is 5.87. The number of phenolic OH excluding ortho intramolecular Hbond substituents is 1. The van der Waals surface area contributed by atoms with E-state index < -0.39 is 0 Å². The minimum Gasteiger partial charge on any atom is -0.507 e. The van der Waals surface area contributed by atoms with E-state index in [-0.39, 0.29) is 5.92 Å². The van der Waals surface area contributed by atoms with Crippen LogP contribution in [0.1, 0.15) is 69.3 Å². The number of rotatable bonds is 4. The van der Waals surface area contributed by atoms with Gasteiger partial charge >= 0.3 is 0 Å². The van der Waals surface area contributed by atoms with Crippen LogP contribution in [-0.4, -0.2) is 15.9 Å². The van der Waals surface area contributed by atoms with Crippen molar-refractivity contribution in [3.05, 3.63) is 54.1 Å². The lowest BCUT2D eigenvalue weighted by molar-refractivity contribution is -0.128. The number of hydrogen-bond donors (Lipinski definition) is 2. The van der Waals surface area contributed by atoms with Crippen LogP contribution in [0.3, 0.4) is 0 Å². The lowest BCUT2D eigenvalue weighted by Gasteiger charge is -2.31. The smallest absolute Gasteiger partial charge is 0.139 e. The predicted octanol–water partition coefficient (Wildman–Crippen LogP) is 6.96. The molecule has 156 valence electrons. The molecule has 0 aliphatic heterocycles. The number of H-pyrrole nitrogens is 1. The van der Waals surface area contributed by atoms with E-state index >= 15 is 0 Å². The zero-order chi connectivity index (χ0) is 20.5. The van der Waals surface area contributed by atoms with Crippen molar-refractivity contribution in [2.45, 2.75) is 63.7 Å². The monoisotopic (exact) mass is 401 g/mol. The van der Waals surface area contributed by atoms with E-state index in [1.807, 2.05) is 18.2 Å². The molecule has 3 heteroatoms. The van der Waals surface area contributed by atoms with Crippen LogP contribution >= 0.6 is 0 Å². The van der Waals surface area contributed by atoms with Gasteiger partial charge in [0.1, 0.15) is 11.5 Å². The fraction of sp³-hybridized carbons (Fsp3) is 0.444. The normalized spacial score (nSPS) is 22.9. The van der Waals surface area contributed by atoms with Gasteiger partial charge in [0.15, 0.2) is 0 Å². The standard InChI is InChI=1S/C27H31NO2/c29-26-15-14-21(16-23(26)25-17-22-8-4-5-9-24(22)28-25)18-10-12-20(13-11-18)27(30)19-6-2-1-3-7-19/h4-5,8-9,14-20,28-29H,1-3,6-7,10-13H2. The van der Waals surface area contributed by atoms with Crippen molar-refractivity contribution in [2.24, 2.45) is 11.8 Å². The number of aromatic nitrogens is 1. The van der Waals surface area contributed by atoms with Crippen LogP contribution in [0.4, 0.5) is 0 Å². The number of carbonyl (C=O) groups excluding carboxylic acids is 1. The molecule has 1 heterocycles. The summed E-state index contributed by atoms with van der Waals surface area (Å²) in [5.74, 6) is 1.95. The van der Waals surface area contributed by atoms with Crippen molar-refractivity contribution < 1.29 is 9.90 Å². The highest BCUT2D eigenvalue weighted by Crippen LogP contribution is 2.41. The maximum atomic E-state index is 12.9. The molecule has 0 radical (unpaired) electrons. The van der Waals surface area contributed by atoms with Gasteiger partial charge in [0.2, 0.25) is 0 Å². The molecule has 3 nitrogen and oxygen atoms in total. The number of hydrogen-bond acceptors (Lipinski definition) is 2. The van der Waals surface area contributed by atoms with Gasteiger partial charge in [0, 0.05) is 28.3 Å². The maximum absolute atomic E-state index is 12.9. The van der Waals surface area contributed by atoms with Gasteiger partial charge in [-0.25, -0.2) is 0 Å². The Hall–Kier alpha value is -2.55. The molecule has 0 saturated heterocycles. The van der Waals surface area contributed by atoms with Crippen LogP contribution in [0.15, 0.2) is 48.5 Å². The molecule has 0 atom stereocenters. The number of aromatic hydroxyl groups is 1. The van der Waals surface area contributed by atoms with Gasteiger partial charge in [0.05, 0.1) is 5.69 Å². The lowest BCUT2D eigenvalue weighted by Crippen LogP contribution is -2.28. The van der Waals surface area contributed by atoms with Crippen molar-refractivity contribution in [1.29, 1.82) is 0 Å². The second kappa shape index (κ2) is 8.29. The van der Waals surface area contributed by atoms with E-state index in [0.29, 0.717) is 23.4 Å². The number of fused-ring (bicyclic) bond motifs is 1. The third-order valence-corrected chi connectivity index (χ3v) is 7.45. The number of ketones is 1. The number of benzene rings is 2. The molecule has 2 aliphatic carbocycles. The van der Waals surface area contributed by atoms with Gasteiger partial charge in [-0.05, 0) is 74.3 Å². The fourth-order valence-electron chi connectivity index (χ4n) is 5.67. The summed E-state index contributed by atoms with van der Waals surface area (Å²) < 4.78 is 0. The first-order valence-electron chi connectivity index (χ1n) is 11.6. The zero-order valence-corrected chi connectivity index (χ0v) is 17.6.